The maximum Gasteiger partial charge on any atom is 0.414 e. The smallest absolute Gasteiger partial charge is 0.414 e. The molecule has 192 valence electrons. The number of pyridine rings is 1. The van der Waals surface area contributed by atoms with E-state index < -0.39 is 11.9 Å². The number of rotatable bonds is 8. The number of aromatic nitrogens is 1. The molecule has 2 aliphatic heterocycles. The van der Waals surface area contributed by atoms with Gasteiger partial charge in [-0.2, -0.15) is 0 Å². The Kier molecular flexibility index (Phi) is 7.98. The Hall–Kier alpha value is -3.33. The van der Waals surface area contributed by atoms with Crippen LogP contribution in [0.1, 0.15) is 44.2 Å². The number of amides is 3. The highest BCUT2D eigenvalue weighted by atomic mass is 35.5. The molecule has 3 heterocycles. The first-order valence-corrected chi connectivity index (χ1v) is 12.6. The molecule has 0 bridgehead atoms. The molecule has 1 aromatic carbocycles. The average molecular weight is 514 g/mol. The molecule has 1 fully saturated rings. The second-order valence-electron chi connectivity index (χ2n) is 9.75. The third kappa shape index (κ3) is 5.90. The van der Waals surface area contributed by atoms with Crippen molar-refractivity contribution in [2.24, 2.45) is 11.7 Å². The van der Waals surface area contributed by atoms with Crippen LogP contribution in [0, 0.1) is 5.92 Å². The van der Waals surface area contributed by atoms with Gasteiger partial charge in [-0.1, -0.05) is 43.6 Å². The first-order chi connectivity index (χ1) is 17.2. The number of carbonyl (C=O) groups excluding carboxylic acids is 3. The zero-order valence-electron chi connectivity index (χ0n) is 20.6. The van der Waals surface area contributed by atoms with Gasteiger partial charge >= 0.3 is 6.09 Å². The molecule has 36 heavy (non-hydrogen) atoms. The maximum atomic E-state index is 12.5. The third-order valence-electron chi connectivity index (χ3n) is 6.56. The summed E-state index contributed by atoms with van der Waals surface area (Å²) in [5, 5.41) is 3.16. The van der Waals surface area contributed by atoms with E-state index in [1.807, 2.05) is 38.1 Å². The summed E-state index contributed by atoms with van der Waals surface area (Å²) >= 11 is 6.55. The van der Waals surface area contributed by atoms with E-state index in [1.54, 1.807) is 17.2 Å². The van der Waals surface area contributed by atoms with Gasteiger partial charge in [0.2, 0.25) is 11.8 Å². The van der Waals surface area contributed by atoms with Gasteiger partial charge in [-0.15, -0.1) is 0 Å². The number of benzene rings is 1. The minimum absolute atomic E-state index is 0.0287. The number of halogens is 1. The standard InChI is InChI=1S/C26H32ClN5O4/c1-16(2)11-21(24(28)34)30-23(33)13-17-12-20(27)25(29-14-17)31-9-7-19(8-10-31)32-22-6-4-3-5-18(22)15-36-26(32)35/h3-6,12,14,16,19,21H,7-11,13,15H2,1-2H3,(H2,28,34)(H,30,33)/t21-/m1/s1. The Morgan fingerprint density at radius 1 is 1.25 bits per heavy atom. The number of carbonyl (C=O) groups is 3. The van der Waals surface area contributed by atoms with Gasteiger partial charge in [0.25, 0.3) is 0 Å². The Morgan fingerprint density at radius 3 is 2.64 bits per heavy atom. The number of piperidine rings is 1. The predicted molar refractivity (Wildman–Crippen MR) is 138 cm³/mol. The molecule has 0 aliphatic carbocycles. The molecule has 0 radical (unpaired) electrons. The van der Waals surface area contributed by atoms with Crippen molar-refractivity contribution in [1.82, 2.24) is 10.3 Å². The van der Waals surface area contributed by atoms with Crippen molar-refractivity contribution < 1.29 is 19.1 Å². The van der Waals surface area contributed by atoms with Crippen LogP contribution in [0.5, 0.6) is 0 Å². The van der Waals surface area contributed by atoms with Crippen LogP contribution in [0.25, 0.3) is 0 Å². The summed E-state index contributed by atoms with van der Waals surface area (Å²) in [6.07, 6.45) is 3.35. The summed E-state index contributed by atoms with van der Waals surface area (Å²) in [5.41, 5.74) is 7.99. The maximum absolute atomic E-state index is 12.5. The molecule has 2 aromatic rings. The summed E-state index contributed by atoms with van der Waals surface area (Å²) in [6, 6.07) is 8.88. The molecule has 0 spiro atoms. The number of ether oxygens (including phenoxy) is 1. The van der Waals surface area contributed by atoms with Crippen LogP contribution in [-0.4, -0.2) is 48.1 Å². The van der Waals surface area contributed by atoms with Crippen molar-refractivity contribution in [3.8, 4) is 0 Å². The Morgan fingerprint density at radius 2 is 1.97 bits per heavy atom. The number of anilines is 2. The van der Waals surface area contributed by atoms with Crippen molar-refractivity contribution in [3.05, 3.63) is 52.7 Å². The van der Waals surface area contributed by atoms with Gasteiger partial charge in [-0.3, -0.25) is 14.5 Å². The van der Waals surface area contributed by atoms with E-state index in [4.69, 9.17) is 22.1 Å². The number of nitrogens with two attached hydrogens (primary N) is 1. The number of fused-ring (bicyclic) bond motifs is 1. The van der Waals surface area contributed by atoms with Gasteiger partial charge in [-0.25, -0.2) is 9.78 Å². The third-order valence-corrected chi connectivity index (χ3v) is 6.84. The first-order valence-electron chi connectivity index (χ1n) is 12.2. The zero-order chi connectivity index (χ0) is 25.8. The van der Waals surface area contributed by atoms with E-state index in [0.717, 1.165) is 24.1 Å². The van der Waals surface area contributed by atoms with Gasteiger partial charge in [0, 0.05) is 30.9 Å². The zero-order valence-corrected chi connectivity index (χ0v) is 21.3. The topological polar surface area (TPSA) is 118 Å². The quantitative estimate of drug-likeness (QED) is 0.558. The normalized spacial score (nSPS) is 16.9. The molecule has 10 heteroatoms. The molecular weight excluding hydrogens is 482 g/mol. The minimum atomic E-state index is -0.703. The molecule has 0 saturated carbocycles. The van der Waals surface area contributed by atoms with E-state index in [2.05, 4.69) is 15.2 Å². The highest BCUT2D eigenvalue weighted by Gasteiger charge is 2.34. The fourth-order valence-electron chi connectivity index (χ4n) is 4.80. The van der Waals surface area contributed by atoms with E-state index in [1.165, 1.54) is 0 Å². The second-order valence-corrected chi connectivity index (χ2v) is 10.2. The van der Waals surface area contributed by atoms with Crippen molar-refractivity contribution in [2.45, 2.75) is 58.2 Å². The van der Waals surface area contributed by atoms with Crippen molar-refractivity contribution in [2.75, 3.05) is 22.9 Å². The summed E-state index contributed by atoms with van der Waals surface area (Å²) in [5.74, 6) is 0.0150. The number of nitrogens with zero attached hydrogens (tertiary/aromatic N) is 3. The summed E-state index contributed by atoms with van der Waals surface area (Å²) < 4.78 is 5.38. The molecule has 0 unspecified atom stereocenters. The monoisotopic (exact) mass is 513 g/mol. The van der Waals surface area contributed by atoms with Crippen LogP contribution in [0.2, 0.25) is 5.02 Å². The molecule has 1 atom stereocenters. The van der Waals surface area contributed by atoms with Crippen molar-refractivity contribution >= 4 is 41.0 Å². The Bertz CT molecular complexity index is 1130. The van der Waals surface area contributed by atoms with Crippen molar-refractivity contribution in [3.63, 3.8) is 0 Å². The van der Waals surface area contributed by atoms with Gasteiger partial charge in [0.15, 0.2) is 0 Å². The van der Waals surface area contributed by atoms with Crippen LogP contribution < -0.4 is 20.9 Å². The van der Waals surface area contributed by atoms with E-state index >= 15 is 0 Å². The lowest BCUT2D eigenvalue weighted by Gasteiger charge is -2.40. The summed E-state index contributed by atoms with van der Waals surface area (Å²) in [7, 11) is 0. The van der Waals surface area contributed by atoms with Gasteiger partial charge in [0.1, 0.15) is 18.5 Å². The number of hydrogen-bond donors (Lipinski definition) is 2. The summed E-state index contributed by atoms with van der Waals surface area (Å²) in [6.45, 7) is 5.58. The van der Waals surface area contributed by atoms with Crippen molar-refractivity contribution in [1.29, 1.82) is 0 Å². The molecule has 9 nitrogen and oxygen atoms in total. The fraction of sp³-hybridized carbons (Fsp3) is 0.462. The molecular formula is C26H32ClN5O4. The fourth-order valence-corrected chi connectivity index (χ4v) is 5.11. The van der Waals surface area contributed by atoms with Crippen LogP contribution in [0.3, 0.4) is 0 Å². The molecule has 2 aliphatic rings. The van der Waals surface area contributed by atoms with E-state index in [9.17, 15) is 14.4 Å². The van der Waals surface area contributed by atoms with Crippen LogP contribution in [-0.2, 0) is 27.4 Å². The SMILES string of the molecule is CC(C)C[C@@H](NC(=O)Cc1cnc(N2CCC(N3C(=O)OCc4ccccc43)CC2)c(Cl)c1)C(N)=O. The van der Waals surface area contributed by atoms with Crippen LogP contribution in [0.15, 0.2) is 36.5 Å². The summed E-state index contributed by atoms with van der Waals surface area (Å²) in [4.78, 5) is 45.0. The van der Waals surface area contributed by atoms with Crippen LogP contribution >= 0.6 is 11.6 Å². The number of nitrogens with one attached hydrogen (secondary N) is 1. The number of primary amides is 1. The number of cyclic esters (lactones) is 1. The highest BCUT2D eigenvalue weighted by molar-refractivity contribution is 6.33. The minimum Gasteiger partial charge on any atom is -0.444 e. The second kappa shape index (κ2) is 11.2. The van der Waals surface area contributed by atoms with Gasteiger partial charge in [-0.05, 0) is 42.9 Å². The lowest BCUT2D eigenvalue weighted by atomic mass is 10.0. The molecule has 1 aromatic heterocycles. The molecule has 3 amide bonds. The largest absolute Gasteiger partial charge is 0.444 e. The lowest BCUT2D eigenvalue weighted by molar-refractivity contribution is -0.127. The van der Waals surface area contributed by atoms with E-state index in [0.29, 0.717) is 42.5 Å². The average Bonchev–Trinajstić information content (AvgIpc) is 2.83. The Balaban J connectivity index is 1.36. The van der Waals surface area contributed by atoms with Gasteiger partial charge in [0.05, 0.1) is 17.1 Å². The van der Waals surface area contributed by atoms with Crippen LogP contribution in [0.4, 0.5) is 16.3 Å². The highest BCUT2D eigenvalue weighted by Crippen LogP contribution is 2.33. The number of para-hydroxylation sites is 1. The number of hydrogen-bond acceptors (Lipinski definition) is 6. The molecule has 4 rings (SSSR count). The van der Waals surface area contributed by atoms with E-state index in [-0.39, 0.29) is 30.4 Å². The molecule has 1 saturated heterocycles. The molecule has 3 N–H and O–H groups in total. The van der Waals surface area contributed by atoms with Gasteiger partial charge < -0.3 is 20.7 Å². The first kappa shape index (κ1) is 25.8. The predicted octanol–water partition coefficient (Wildman–Crippen LogP) is 3.42. The Labute approximate surface area is 215 Å². The lowest BCUT2D eigenvalue weighted by Crippen LogP contribution is -2.49.